The van der Waals surface area contributed by atoms with E-state index in [1.807, 2.05) is 0 Å². The van der Waals surface area contributed by atoms with Crippen molar-refractivity contribution in [2.75, 3.05) is 0 Å². The number of ketones is 1. The Morgan fingerprint density at radius 1 is 0.947 bits per heavy atom. The van der Waals surface area contributed by atoms with Crippen molar-refractivity contribution >= 4 is 11.8 Å². The van der Waals surface area contributed by atoms with E-state index in [4.69, 9.17) is 4.74 Å². The number of rotatable bonds is 1. The van der Waals surface area contributed by atoms with E-state index in [1.165, 1.54) is 18.2 Å². The van der Waals surface area contributed by atoms with Crippen molar-refractivity contribution in [3.63, 3.8) is 0 Å². The van der Waals surface area contributed by atoms with Crippen LogP contribution in [0.5, 0.6) is 11.5 Å². The summed E-state index contributed by atoms with van der Waals surface area (Å²) in [7, 11) is 0. The molecule has 0 radical (unpaired) electrons. The van der Waals surface area contributed by atoms with E-state index >= 15 is 0 Å². The summed E-state index contributed by atoms with van der Waals surface area (Å²) in [6.07, 6.45) is 0. The molecule has 3 rings (SSSR count). The highest BCUT2D eigenvalue weighted by Gasteiger charge is 2.39. The number of Topliss-reactive ketones (excluding diaryl/α,β-unsaturated/α-hetero) is 1. The van der Waals surface area contributed by atoms with E-state index in [-0.39, 0.29) is 17.1 Å². The SMILES string of the molecule is O=C1Oc2cccc(O)c2C(=O)C1c1ccccc1. The largest absolute Gasteiger partial charge is 0.507 e. The van der Waals surface area contributed by atoms with Gasteiger partial charge in [0.15, 0.2) is 5.78 Å². The minimum atomic E-state index is -1.01. The maximum atomic E-state index is 12.4. The second-order valence-corrected chi connectivity index (χ2v) is 4.28. The summed E-state index contributed by atoms with van der Waals surface area (Å²) in [6.45, 7) is 0. The summed E-state index contributed by atoms with van der Waals surface area (Å²) in [6, 6.07) is 13.1. The topological polar surface area (TPSA) is 63.6 Å². The molecule has 0 amide bonds. The van der Waals surface area contributed by atoms with Crippen LogP contribution in [0.3, 0.4) is 0 Å². The maximum Gasteiger partial charge on any atom is 0.326 e. The molecule has 0 aliphatic carbocycles. The first kappa shape index (κ1) is 11.5. The molecular formula is C15H10O4. The first-order valence-electron chi connectivity index (χ1n) is 5.81. The molecule has 4 nitrogen and oxygen atoms in total. The molecule has 2 aromatic carbocycles. The lowest BCUT2D eigenvalue weighted by molar-refractivity contribution is -0.135. The van der Waals surface area contributed by atoms with Crippen molar-refractivity contribution < 1.29 is 19.4 Å². The van der Waals surface area contributed by atoms with Crippen LogP contribution in [0.25, 0.3) is 0 Å². The molecule has 2 aromatic rings. The van der Waals surface area contributed by atoms with Crippen molar-refractivity contribution in [3.05, 3.63) is 59.7 Å². The van der Waals surface area contributed by atoms with Gasteiger partial charge in [-0.25, -0.2) is 0 Å². The van der Waals surface area contributed by atoms with Gasteiger partial charge in [-0.15, -0.1) is 0 Å². The molecule has 0 saturated heterocycles. The highest BCUT2D eigenvalue weighted by atomic mass is 16.5. The third-order valence-electron chi connectivity index (χ3n) is 3.09. The van der Waals surface area contributed by atoms with Gasteiger partial charge >= 0.3 is 5.97 Å². The van der Waals surface area contributed by atoms with Crippen LogP contribution in [0, 0.1) is 0 Å². The quantitative estimate of drug-likeness (QED) is 0.481. The first-order valence-corrected chi connectivity index (χ1v) is 5.81. The van der Waals surface area contributed by atoms with Crippen molar-refractivity contribution in [1.29, 1.82) is 0 Å². The Hall–Kier alpha value is -2.62. The van der Waals surface area contributed by atoms with Crippen LogP contribution in [0.4, 0.5) is 0 Å². The third-order valence-corrected chi connectivity index (χ3v) is 3.09. The molecule has 1 heterocycles. The number of carbonyl (C=O) groups is 2. The van der Waals surface area contributed by atoms with Gasteiger partial charge in [0.05, 0.1) is 0 Å². The number of carbonyl (C=O) groups excluding carboxylic acids is 2. The summed E-state index contributed by atoms with van der Waals surface area (Å²) >= 11 is 0. The molecule has 1 aliphatic rings. The minimum Gasteiger partial charge on any atom is -0.507 e. The third kappa shape index (κ3) is 1.78. The number of phenols is 1. The van der Waals surface area contributed by atoms with Crippen LogP contribution in [0.1, 0.15) is 21.8 Å². The normalized spacial score (nSPS) is 17.8. The van der Waals surface area contributed by atoms with Crippen molar-refractivity contribution in [1.82, 2.24) is 0 Å². The summed E-state index contributed by atoms with van der Waals surface area (Å²) in [5.74, 6) is -2.12. The molecule has 1 atom stereocenters. The number of phenolic OH excluding ortho intramolecular Hbond substituents is 1. The molecule has 1 unspecified atom stereocenters. The summed E-state index contributed by atoms with van der Waals surface area (Å²) < 4.78 is 5.13. The van der Waals surface area contributed by atoms with Gasteiger partial charge in [0, 0.05) is 0 Å². The zero-order valence-corrected chi connectivity index (χ0v) is 9.87. The Kier molecular flexibility index (Phi) is 2.56. The Morgan fingerprint density at radius 3 is 2.42 bits per heavy atom. The summed E-state index contributed by atoms with van der Waals surface area (Å²) in [4.78, 5) is 24.3. The number of aromatic hydroxyl groups is 1. The van der Waals surface area contributed by atoms with Gasteiger partial charge in [0.1, 0.15) is 23.0 Å². The number of hydrogen-bond donors (Lipinski definition) is 1. The van der Waals surface area contributed by atoms with E-state index in [1.54, 1.807) is 30.3 Å². The summed E-state index contributed by atoms with van der Waals surface area (Å²) in [5.41, 5.74) is 0.627. The van der Waals surface area contributed by atoms with Gasteiger partial charge in [0.2, 0.25) is 0 Å². The van der Waals surface area contributed by atoms with Crippen LogP contribution < -0.4 is 4.74 Å². The lowest BCUT2D eigenvalue weighted by atomic mass is 9.88. The van der Waals surface area contributed by atoms with Crippen molar-refractivity contribution in [3.8, 4) is 11.5 Å². The van der Waals surface area contributed by atoms with E-state index in [0.29, 0.717) is 5.56 Å². The van der Waals surface area contributed by atoms with Gasteiger partial charge in [0.25, 0.3) is 0 Å². The second kappa shape index (κ2) is 4.24. The van der Waals surface area contributed by atoms with E-state index in [9.17, 15) is 14.7 Å². The fourth-order valence-electron chi connectivity index (χ4n) is 2.20. The van der Waals surface area contributed by atoms with Crippen LogP contribution in [-0.2, 0) is 4.79 Å². The molecule has 1 aliphatic heterocycles. The van der Waals surface area contributed by atoms with Crippen molar-refractivity contribution in [2.24, 2.45) is 0 Å². The molecule has 0 aromatic heterocycles. The fourth-order valence-corrected chi connectivity index (χ4v) is 2.20. The highest BCUT2D eigenvalue weighted by Crippen LogP contribution is 2.37. The number of fused-ring (bicyclic) bond motifs is 1. The molecular weight excluding hydrogens is 244 g/mol. The van der Waals surface area contributed by atoms with Gasteiger partial charge < -0.3 is 9.84 Å². The Morgan fingerprint density at radius 2 is 1.68 bits per heavy atom. The molecule has 19 heavy (non-hydrogen) atoms. The second-order valence-electron chi connectivity index (χ2n) is 4.28. The van der Waals surface area contributed by atoms with E-state index in [2.05, 4.69) is 0 Å². The molecule has 0 bridgehead atoms. The highest BCUT2D eigenvalue weighted by molar-refractivity contribution is 6.18. The average molecular weight is 254 g/mol. The lowest BCUT2D eigenvalue weighted by Crippen LogP contribution is -2.31. The Bertz CT molecular complexity index is 661. The van der Waals surface area contributed by atoms with E-state index < -0.39 is 17.7 Å². The summed E-state index contributed by atoms with van der Waals surface area (Å²) in [5, 5.41) is 9.77. The van der Waals surface area contributed by atoms with E-state index in [0.717, 1.165) is 0 Å². The molecule has 0 saturated carbocycles. The van der Waals surface area contributed by atoms with Gasteiger partial charge in [-0.1, -0.05) is 36.4 Å². The average Bonchev–Trinajstić information content (AvgIpc) is 2.39. The number of benzene rings is 2. The van der Waals surface area contributed by atoms with Crippen LogP contribution in [0.2, 0.25) is 0 Å². The first-order chi connectivity index (χ1) is 9.18. The lowest BCUT2D eigenvalue weighted by Gasteiger charge is -2.22. The van der Waals surface area contributed by atoms with Crippen LogP contribution >= 0.6 is 0 Å². The fraction of sp³-hybridized carbons (Fsp3) is 0.0667. The zero-order chi connectivity index (χ0) is 13.4. The standard InChI is InChI=1S/C15H10O4/c16-10-7-4-8-11-13(10)14(17)12(15(18)19-11)9-5-2-1-3-6-9/h1-8,12,16H. The van der Waals surface area contributed by atoms with Gasteiger partial charge in [-0.05, 0) is 17.7 Å². The van der Waals surface area contributed by atoms with Crippen LogP contribution in [0.15, 0.2) is 48.5 Å². The molecule has 94 valence electrons. The molecule has 4 heteroatoms. The predicted molar refractivity (Wildman–Crippen MR) is 67.3 cm³/mol. The minimum absolute atomic E-state index is 0.0657. The monoisotopic (exact) mass is 254 g/mol. The van der Waals surface area contributed by atoms with Gasteiger partial charge in [-0.3, -0.25) is 9.59 Å². The number of esters is 1. The van der Waals surface area contributed by atoms with Crippen LogP contribution in [-0.4, -0.2) is 16.9 Å². The number of hydrogen-bond acceptors (Lipinski definition) is 4. The Balaban J connectivity index is 2.13. The predicted octanol–water partition coefficient (Wildman–Crippen LogP) is 2.28. The Labute approximate surface area is 109 Å². The van der Waals surface area contributed by atoms with Crippen molar-refractivity contribution in [2.45, 2.75) is 5.92 Å². The maximum absolute atomic E-state index is 12.4. The smallest absolute Gasteiger partial charge is 0.326 e. The van der Waals surface area contributed by atoms with Gasteiger partial charge in [-0.2, -0.15) is 0 Å². The zero-order valence-electron chi connectivity index (χ0n) is 9.87. The molecule has 1 N–H and O–H groups in total. The molecule has 0 fully saturated rings. The molecule has 0 spiro atoms. The number of ether oxygens (including phenoxy) is 1.